The maximum atomic E-state index is 13.0. The molecule has 0 atom stereocenters. The van der Waals surface area contributed by atoms with Crippen LogP contribution in [0.15, 0.2) is 72.8 Å². The molecule has 0 N–H and O–H groups in total. The molecule has 3 aromatic carbocycles. The zero-order valence-electron chi connectivity index (χ0n) is 20.6. The summed E-state index contributed by atoms with van der Waals surface area (Å²) in [7, 11) is 2.50. The molecule has 1 heterocycles. The van der Waals surface area contributed by atoms with Crippen LogP contribution in [0, 0.1) is 3.57 Å². The van der Waals surface area contributed by atoms with Crippen molar-refractivity contribution < 1.29 is 28.5 Å². The van der Waals surface area contributed by atoms with Gasteiger partial charge in [0, 0.05) is 5.56 Å². The number of hydrogen-bond donors (Lipinski definition) is 0. The zero-order chi connectivity index (χ0) is 26.4. The Morgan fingerprint density at radius 3 is 2.16 bits per heavy atom. The normalized spacial score (nSPS) is 10.6. The number of aromatic nitrogens is 2. The molecule has 0 aliphatic heterocycles. The summed E-state index contributed by atoms with van der Waals surface area (Å²) >= 11 is 2.16. The van der Waals surface area contributed by atoms with Gasteiger partial charge in [0.05, 0.1) is 30.1 Å². The van der Waals surface area contributed by atoms with E-state index in [9.17, 15) is 9.59 Å². The number of halogens is 1. The molecule has 9 heteroatoms. The van der Waals surface area contributed by atoms with Gasteiger partial charge in [-0.05, 0) is 59.3 Å². The van der Waals surface area contributed by atoms with Crippen LogP contribution in [-0.4, -0.2) is 42.5 Å². The SMILES string of the molecule is CCOc1cc(-c2nn(-c3ccccc3)c(C(=O)OC)c2C(=O)OC)cc(I)c1OCc1ccccc1. The van der Waals surface area contributed by atoms with E-state index in [4.69, 9.17) is 18.9 Å². The number of carbonyl (C=O) groups is 2. The Balaban J connectivity index is 1.88. The van der Waals surface area contributed by atoms with Gasteiger partial charge in [-0.15, -0.1) is 0 Å². The van der Waals surface area contributed by atoms with E-state index in [0.29, 0.717) is 36.0 Å². The minimum atomic E-state index is -0.717. The molecule has 8 nitrogen and oxygen atoms in total. The fraction of sp³-hybridized carbons (Fsp3) is 0.179. The van der Waals surface area contributed by atoms with E-state index in [2.05, 4.69) is 27.7 Å². The number of carbonyl (C=O) groups excluding carboxylic acids is 2. The van der Waals surface area contributed by atoms with Crippen molar-refractivity contribution in [2.24, 2.45) is 0 Å². The molecule has 0 fully saturated rings. The predicted molar refractivity (Wildman–Crippen MR) is 146 cm³/mol. The van der Waals surface area contributed by atoms with Gasteiger partial charge in [0.1, 0.15) is 17.9 Å². The highest BCUT2D eigenvalue weighted by molar-refractivity contribution is 14.1. The van der Waals surface area contributed by atoms with E-state index in [1.807, 2.05) is 61.5 Å². The van der Waals surface area contributed by atoms with Crippen molar-refractivity contribution in [3.63, 3.8) is 0 Å². The molecule has 1 aromatic heterocycles. The second-order valence-electron chi connectivity index (χ2n) is 7.80. The molecule has 0 aliphatic rings. The van der Waals surface area contributed by atoms with E-state index in [-0.39, 0.29) is 17.0 Å². The Bertz CT molecular complexity index is 1400. The van der Waals surface area contributed by atoms with Crippen molar-refractivity contribution in [2.45, 2.75) is 13.5 Å². The molecule has 190 valence electrons. The van der Waals surface area contributed by atoms with Crippen LogP contribution in [0.3, 0.4) is 0 Å². The Morgan fingerprint density at radius 1 is 0.892 bits per heavy atom. The first-order valence-corrected chi connectivity index (χ1v) is 12.5. The lowest BCUT2D eigenvalue weighted by atomic mass is 10.0. The summed E-state index contributed by atoms with van der Waals surface area (Å²) in [4.78, 5) is 25.8. The van der Waals surface area contributed by atoms with Gasteiger partial charge in [-0.3, -0.25) is 0 Å². The van der Waals surface area contributed by atoms with Crippen LogP contribution in [0.5, 0.6) is 11.5 Å². The first-order chi connectivity index (χ1) is 18.0. The van der Waals surface area contributed by atoms with Gasteiger partial charge in [-0.1, -0.05) is 48.5 Å². The summed E-state index contributed by atoms with van der Waals surface area (Å²) in [6.07, 6.45) is 0. The molecule has 4 rings (SSSR count). The fourth-order valence-corrected chi connectivity index (χ4v) is 4.55. The minimum absolute atomic E-state index is 0.00518. The molecule has 0 saturated heterocycles. The maximum Gasteiger partial charge on any atom is 0.357 e. The first-order valence-electron chi connectivity index (χ1n) is 11.5. The average molecular weight is 612 g/mol. The van der Waals surface area contributed by atoms with Gasteiger partial charge in [0.15, 0.2) is 17.2 Å². The first kappa shape index (κ1) is 26.2. The number of rotatable bonds is 9. The van der Waals surface area contributed by atoms with Crippen LogP contribution in [0.4, 0.5) is 0 Å². The molecule has 0 bridgehead atoms. The monoisotopic (exact) mass is 612 g/mol. The molecular formula is C28H25IN2O6. The highest BCUT2D eigenvalue weighted by atomic mass is 127. The summed E-state index contributed by atoms with van der Waals surface area (Å²) in [5.41, 5.74) is 2.37. The third kappa shape index (κ3) is 5.61. The van der Waals surface area contributed by atoms with Crippen LogP contribution in [-0.2, 0) is 16.1 Å². The number of ether oxygens (including phenoxy) is 4. The summed E-state index contributed by atoms with van der Waals surface area (Å²) < 4.78 is 24.2. The molecule has 4 aromatic rings. The molecule has 0 saturated carbocycles. The van der Waals surface area contributed by atoms with Crippen molar-refractivity contribution in [3.8, 4) is 28.4 Å². The second kappa shape index (κ2) is 11.9. The largest absolute Gasteiger partial charge is 0.490 e. The van der Waals surface area contributed by atoms with Crippen molar-refractivity contribution >= 4 is 34.5 Å². The third-order valence-corrected chi connectivity index (χ3v) is 6.26. The molecule has 0 aliphatic carbocycles. The summed E-state index contributed by atoms with van der Waals surface area (Å²) in [6.45, 7) is 2.63. The lowest BCUT2D eigenvalue weighted by molar-refractivity contribution is 0.0549. The van der Waals surface area contributed by atoms with E-state index >= 15 is 0 Å². The van der Waals surface area contributed by atoms with Crippen LogP contribution in [0.1, 0.15) is 33.3 Å². The van der Waals surface area contributed by atoms with Crippen LogP contribution >= 0.6 is 22.6 Å². The van der Waals surface area contributed by atoms with Crippen molar-refractivity contribution in [1.82, 2.24) is 9.78 Å². The molecule has 0 spiro atoms. The zero-order valence-corrected chi connectivity index (χ0v) is 22.7. The maximum absolute atomic E-state index is 13.0. The van der Waals surface area contributed by atoms with Gasteiger partial charge >= 0.3 is 11.9 Å². The van der Waals surface area contributed by atoms with E-state index in [1.165, 1.54) is 18.9 Å². The highest BCUT2D eigenvalue weighted by Gasteiger charge is 2.32. The summed E-state index contributed by atoms with van der Waals surface area (Å²) in [5.74, 6) is -0.365. The quantitative estimate of drug-likeness (QED) is 0.177. The third-order valence-electron chi connectivity index (χ3n) is 5.46. The van der Waals surface area contributed by atoms with Crippen molar-refractivity contribution in [2.75, 3.05) is 20.8 Å². The van der Waals surface area contributed by atoms with Gasteiger partial charge in [-0.2, -0.15) is 5.10 Å². The van der Waals surface area contributed by atoms with E-state index < -0.39 is 11.9 Å². The fourth-order valence-electron chi connectivity index (χ4n) is 3.79. The molecular weight excluding hydrogens is 587 g/mol. The van der Waals surface area contributed by atoms with Crippen LogP contribution < -0.4 is 9.47 Å². The Hall–Kier alpha value is -3.86. The van der Waals surface area contributed by atoms with Crippen molar-refractivity contribution in [1.29, 1.82) is 0 Å². The Kier molecular flexibility index (Phi) is 8.44. The molecule has 0 unspecified atom stereocenters. The van der Waals surface area contributed by atoms with Gasteiger partial charge in [-0.25, -0.2) is 14.3 Å². The lowest BCUT2D eigenvalue weighted by Gasteiger charge is -2.15. The average Bonchev–Trinajstić information content (AvgIpc) is 3.33. The summed E-state index contributed by atoms with van der Waals surface area (Å²) in [5, 5.41) is 4.67. The van der Waals surface area contributed by atoms with Gasteiger partial charge in [0.2, 0.25) is 0 Å². The smallest absolute Gasteiger partial charge is 0.357 e. The topological polar surface area (TPSA) is 88.9 Å². The number of para-hydroxylation sites is 1. The predicted octanol–water partition coefficient (Wildman–Crippen LogP) is 5.69. The number of methoxy groups -OCH3 is 2. The van der Waals surface area contributed by atoms with Crippen LogP contribution in [0.25, 0.3) is 16.9 Å². The standard InChI is InChI=1S/C28H25IN2O6/c1-4-36-22-16-19(15-21(29)26(22)37-17-18-11-7-5-8-12-18)24-23(27(32)34-2)25(28(33)35-3)31(30-24)20-13-9-6-10-14-20/h5-16H,4,17H2,1-3H3. The minimum Gasteiger partial charge on any atom is -0.490 e. The van der Waals surface area contributed by atoms with E-state index in [1.54, 1.807) is 18.2 Å². The lowest BCUT2D eigenvalue weighted by Crippen LogP contribution is -2.15. The number of esters is 2. The highest BCUT2D eigenvalue weighted by Crippen LogP contribution is 2.39. The number of nitrogens with zero attached hydrogens (tertiary/aromatic N) is 2. The van der Waals surface area contributed by atoms with Gasteiger partial charge in [0.25, 0.3) is 0 Å². The summed E-state index contributed by atoms with van der Waals surface area (Å²) in [6, 6.07) is 22.4. The van der Waals surface area contributed by atoms with Crippen molar-refractivity contribution in [3.05, 3.63) is 93.2 Å². The number of hydrogen-bond acceptors (Lipinski definition) is 7. The second-order valence-corrected chi connectivity index (χ2v) is 8.96. The molecule has 0 radical (unpaired) electrons. The Morgan fingerprint density at radius 2 is 1.54 bits per heavy atom. The van der Waals surface area contributed by atoms with E-state index in [0.717, 1.165) is 9.13 Å². The number of benzene rings is 3. The molecule has 37 heavy (non-hydrogen) atoms. The van der Waals surface area contributed by atoms with Gasteiger partial charge < -0.3 is 18.9 Å². The molecule has 0 amide bonds. The van der Waals surface area contributed by atoms with Crippen LogP contribution in [0.2, 0.25) is 0 Å². The Labute approximate surface area is 228 Å².